The molecule has 3 N–H and O–H groups in total. The van der Waals surface area contributed by atoms with Crippen molar-refractivity contribution in [1.29, 1.82) is 0 Å². The van der Waals surface area contributed by atoms with Gasteiger partial charge in [0, 0.05) is 6.04 Å². The van der Waals surface area contributed by atoms with Gasteiger partial charge < -0.3 is 0 Å². The third-order valence-corrected chi connectivity index (χ3v) is 4.13. The fourth-order valence-corrected chi connectivity index (χ4v) is 2.97. The van der Waals surface area contributed by atoms with E-state index in [4.69, 9.17) is 5.84 Å². The first-order valence-electron chi connectivity index (χ1n) is 7.54. The number of nitrogens with one attached hydrogen (secondary N) is 1. The quantitative estimate of drug-likeness (QED) is 0.322. The second-order valence-corrected chi connectivity index (χ2v) is 5.53. The van der Waals surface area contributed by atoms with Crippen LogP contribution in [-0.4, -0.2) is 0 Å². The van der Waals surface area contributed by atoms with Crippen molar-refractivity contribution in [2.45, 2.75) is 57.4 Å². The highest BCUT2D eigenvalue weighted by Crippen LogP contribution is 2.27. The van der Waals surface area contributed by atoms with Crippen LogP contribution >= 0.6 is 0 Å². The van der Waals surface area contributed by atoms with Crippen molar-refractivity contribution >= 4 is 0 Å². The lowest BCUT2D eigenvalue weighted by atomic mass is 9.97. The van der Waals surface area contributed by atoms with Crippen LogP contribution in [-0.2, 0) is 12.8 Å². The summed E-state index contributed by atoms with van der Waals surface area (Å²) in [5, 5.41) is 0. The van der Waals surface area contributed by atoms with E-state index in [2.05, 4.69) is 30.2 Å². The van der Waals surface area contributed by atoms with Gasteiger partial charge in [-0.15, -0.1) is 6.58 Å². The van der Waals surface area contributed by atoms with Crippen LogP contribution in [0.3, 0.4) is 0 Å². The zero-order valence-electron chi connectivity index (χ0n) is 11.8. The van der Waals surface area contributed by atoms with E-state index in [9.17, 15) is 0 Å². The Morgan fingerprint density at radius 3 is 2.84 bits per heavy atom. The Morgan fingerprint density at radius 2 is 2.05 bits per heavy atom. The highest BCUT2D eigenvalue weighted by Gasteiger charge is 2.14. The number of aryl methyl sites for hydroxylation is 2. The summed E-state index contributed by atoms with van der Waals surface area (Å²) >= 11 is 0. The van der Waals surface area contributed by atoms with Gasteiger partial charge in [0.1, 0.15) is 0 Å². The van der Waals surface area contributed by atoms with Crippen LogP contribution in [0.2, 0.25) is 0 Å². The monoisotopic (exact) mass is 258 g/mol. The van der Waals surface area contributed by atoms with Gasteiger partial charge in [-0.1, -0.05) is 37.1 Å². The van der Waals surface area contributed by atoms with Gasteiger partial charge in [-0.2, -0.15) is 0 Å². The Kier molecular flexibility index (Phi) is 5.62. The summed E-state index contributed by atoms with van der Waals surface area (Å²) in [6.45, 7) is 3.76. The standard InChI is InChI=1S/C17H26N2/c1-2-3-4-5-6-10-17(19-18)16-12-11-14-8-7-9-15(14)13-16/h2,11-13,17,19H,1,3-10,18H2. The highest BCUT2D eigenvalue weighted by molar-refractivity contribution is 5.36. The molecule has 0 heterocycles. The van der Waals surface area contributed by atoms with Crippen LogP contribution in [0.1, 0.15) is 61.3 Å². The second-order valence-electron chi connectivity index (χ2n) is 5.53. The van der Waals surface area contributed by atoms with Gasteiger partial charge in [-0.3, -0.25) is 11.3 Å². The predicted octanol–water partition coefficient (Wildman–Crippen LogP) is 3.82. The number of hydrogen-bond acceptors (Lipinski definition) is 2. The number of benzene rings is 1. The first kappa shape index (κ1) is 14.3. The average Bonchev–Trinajstić information content (AvgIpc) is 2.90. The van der Waals surface area contributed by atoms with Crippen LogP contribution in [0.4, 0.5) is 0 Å². The maximum Gasteiger partial charge on any atom is 0.0460 e. The van der Waals surface area contributed by atoms with E-state index < -0.39 is 0 Å². The maximum absolute atomic E-state index is 5.72. The van der Waals surface area contributed by atoms with Crippen molar-refractivity contribution in [1.82, 2.24) is 5.43 Å². The zero-order valence-corrected chi connectivity index (χ0v) is 11.8. The Labute approximate surface area is 117 Å². The average molecular weight is 258 g/mol. The van der Waals surface area contributed by atoms with Crippen LogP contribution in [0.25, 0.3) is 0 Å². The molecule has 104 valence electrons. The largest absolute Gasteiger partial charge is 0.271 e. The molecule has 0 fully saturated rings. The highest BCUT2D eigenvalue weighted by atomic mass is 15.2. The third-order valence-electron chi connectivity index (χ3n) is 4.13. The summed E-state index contributed by atoms with van der Waals surface area (Å²) in [7, 11) is 0. The maximum atomic E-state index is 5.72. The van der Waals surface area contributed by atoms with Gasteiger partial charge in [-0.05, 0) is 55.2 Å². The second kappa shape index (κ2) is 7.46. The van der Waals surface area contributed by atoms with Crippen molar-refractivity contribution in [2.75, 3.05) is 0 Å². The first-order valence-corrected chi connectivity index (χ1v) is 7.54. The predicted molar refractivity (Wildman–Crippen MR) is 81.8 cm³/mol. The van der Waals surface area contributed by atoms with Crippen molar-refractivity contribution in [2.24, 2.45) is 5.84 Å². The Bertz CT molecular complexity index is 412. The number of fused-ring (bicyclic) bond motifs is 1. The topological polar surface area (TPSA) is 38.0 Å². The normalized spacial score (nSPS) is 15.2. The SMILES string of the molecule is C=CCCCCCC(NN)c1ccc2c(c1)CCC2. The molecule has 2 rings (SSSR count). The van der Waals surface area contributed by atoms with E-state index in [1.165, 1.54) is 55.2 Å². The summed E-state index contributed by atoms with van der Waals surface area (Å²) in [5.74, 6) is 5.72. The lowest BCUT2D eigenvalue weighted by molar-refractivity contribution is 0.483. The summed E-state index contributed by atoms with van der Waals surface area (Å²) in [4.78, 5) is 0. The summed E-state index contributed by atoms with van der Waals surface area (Å²) in [6, 6.07) is 7.20. The number of unbranched alkanes of at least 4 members (excludes halogenated alkanes) is 3. The molecule has 0 aliphatic heterocycles. The molecule has 1 aliphatic rings. The molecule has 2 heteroatoms. The van der Waals surface area contributed by atoms with E-state index in [-0.39, 0.29) is 0 Å². The molecule has 19 heavy (non-hydrogen) atoms. The van der Waals surface area contributed by atoms with Crippen molar-refractivity contribution in [3.05, 3.63) is 47.5 Å². The number of hydrogen-bond donors (Lipinski definition) is 2. The van der Waals surface area contributed by atoms with Crippen molar-refractivity contribution in [3.63, 3.8) is 0 Å². The molecule has 1 aromatic rings. The minimum atomic E-state index is 0.301. The minimum absolute atomic E-state index is 0.301. The molecule has 1 unspecified atom stereocenters. The van der Waals surface area contributed by atoms with Gasteiger partial charge in [0.15, 0.2) is 0 Å². The van der Waals surface area contributed by atoms with E-state index in [1.54, 1.807) is 0 Å². The van der Waals surface area contributed by atoms with Crippen molar-refractivity contribution < 1.29 is 0 Å². The molecule has 1 atom stereocenters. The van der Waals surface area contributed by atoms with E-state index >= 15 is 0 Å². The summed E-state index contributed by atoms with van der Waals surface area (Å²) < 4.78 is 0. The van der Waals surface area contributed by atoms with E-state index in [0.29, 0.717) is 6.04 Å². The first-order chi connectivity index (χ1) is 9.35. The molecule has 0 aromatic heterocycles. The molecule has 2 nitrogen and oxygen atoms in total. The summed E-state index contributed by atoms with van der Waals surface area (Å²) in [5.41, 5.74) is 7.40. The molecule has 0 amide bonds. The zero-order chi connectivity index (χ0) is 13.5. The fraction of sp³-hybridized carbons (Fsp3) is 0.529. The minimum Gasteiger partial charge on any atom is -0.271 e. The number of nitrogens with two attached hydrogens (primary N) is 1. The number of rotatable bonds is 8. The molecule has 0 spiro atoms. The van der Waals surface area contributed by atoms with Gasteiger partial charge >= 0.3 is 0 Å². The van der Waals surface area contributed by atoms with Crippen LogP contribution in [0.15, 0.2) is 30.9 Å². The molecular formula is C17H26N2. The van der Waals surface area contributed by atoms with Crippen LogP contribution < -0.4 is 11.3 Å². The summed E-state index contributed by atoms with van der Waals surface area (Å²) in [6.07, 6.45) is 11.8. The van der Waals surface area contributed by atoms with Gasteiger partial charge in [-0.25, -0.2) is 0 Å². The fourth-order valence-electron chi connectivity index (χ4n) is 2.97. The number of allylic oxidation sites excluding steroid dienone is 1. The molecular weight excluding hydrogens is 232 g/mol. The third kappa shape index (κ3) is 3.92. The molecule has 1 aliphatic carbocycles. The van der Waals surface area contributed by atoms with E-state index in [1.807, 2.05) is 6.08 Å². The van der Waals surface area contributed by atoms with Crippen LogP contribution in [0.5, 0.6) is 0 Å². The molecule has 1 aromatic carbocycles. The Hall–Kier alpha value is -1.12. The van der Waals surface area contributed by atoms with E-state index in [0.717, 1.165) is 12.8 Å². The number of hydrazine groups is 1. The molecule has 0 saturated carbocycles. The van der Waals surface area contributed by atoms with Crippen LogP contribution in [0, 0.1) is 0 Å². The molecule has 0 bridgehead atoms. The lowest BCUT2D eigenvalue weighted by Crippen LogP contribution is -2.28. The van der Waals surface area contributed by atoms with Gasteiger partial charge in [0.25, 0.3) is 0 Å². The Balaban J connectivity index is 1.88. The smallest absolute Gasteiger partial charge is 0.0460 e. The lowest BCUT2D eigenvalue weighted by Gasteiger charge is -2.17. The van der Waals surface area contributed by atoms with Gasteiger partial charge in [0.05, 0.1) is 0 Å². The Morgan fingerprint density at radius 1 is 1.21 bits per heavy atom. The van der Waals surface area contributed by atoms with Crippen molar-refractivity contribution in [3.8, 4) is 0 Å². The molecule has 0 radical (unpaired) electrons. The van der Waals surface area contributed by atoms with Gasteiger partial charge in [0.2, 0.25) is 0 Å². The molecule has 0 saturated heterocycles.